The summed E-state index contributed by atoms with van der Waals surface area (Å²) in [5.41, 5.74) is 4.25. The molecular formula is C10H14N6O. The molecule has 0 aromatic carbocycles. The zero-order valence-corrected chi connectivity index (χ0v) is 9.69. The van der Waals surface area contributed by atoms with E-state index in [1.165, 1.54) is 6.33 Å². The summed E-state index contributed by atoms with van der Waals surface area (Å²) >= 11 is 0. The number of anilines is 1. The van der Waals surface area contributed by atoms with E-state index in [4.69, 9.17) is 10.6 Å². The zero-order chi connectivity index (χ0) is 12.3. The highest BCUT2D eigenvalue weighted by molar-refractivity contribution is 5.48. The van der Waals surface area contributed by atoms with Crippen molar-refractivity contribution in [3.63, 3.8) is 0 Å². The van der Waals surface area contributed by atoms with E-state index in [1.54, 1.807) is 6.07 Å². The maximum absolute atomic E-state index is 5.57. The number of hydrogen-bond donors (Lipinski definition) is 3. The van der Waals surface area contributed by atoms with E-state index in [1.807, 2.05) is 13.8 Å². The summed E-state index contributed by atoms with van der Waals surface area (Å²) in [5.74, 6) is 6.87. The summed E-state index contributed by atoms with van der Waals surface area (Å²) in [4.78, 5) is 8.10. The molecule has 4 N–H and O–H groups in total. The number of ether oxygens (including phenoxy) is 1. The number of nitrogen functional groups attached to an aromatic ring is 1. The Labute approximate surface area is 98.4 Å². The Morgan fingerprint density at radius 1 is 1.47 bits per heavy atom. The second-order valence-electron chi connectivity index (χ2n) is 3.50. The molecule has 0 spiro atoms. The molecule has 0 atom stereocenters. The van der Waals surface area contributed by atoms with Crippen molar-refractivity contribution in [2.45, 2.75) is 20.3 Å². The highest BCUT2D eigenvalue weighted by Crippen LogP contribution is 2.25. The Kier molecular flexibility index (Phi) is 3.20. The molecule has 7 heteroatoms. The highest BCUT2D eigenvalue weighted by atomic mass is 16.5. The van der Waals surface area contributed by atoms with Gasteiger partial charge in [-0.25, -0.2) is 15.8 Å². The van der Waals surface area contributed by atoms with Crippen LogP contribution >= 0.6 is 0 Å². The van der Waals surface area contributed by atoms with Gasteiger partial charge in [0.15, 0.2) is 0 Å². The van der Waals surface area contributed by atoms with E-state index in [0.717, 1.165) is 11.3 Å². The molecule has 0 amide bonds. The minimum absolute atomic E-state index is 0.460. The molecular weight excluding hydrogens is 220 g/mol. The molecule has 0 radical (unpaired) electrons. The van der Waals surface area contributed by atoms with E-state index >= 15 is 0 Å². The minimum Gasteiger partial charge on any atom is -0.419 e. The standard InChI is InChI=1S/C10H14N6O/c1-3-7-9(14-11)12-5-13-10(7)17-8-4-6(2)15-16-8/h4-5H,3,11H2,1-2H3,(H,15,16)(H,12,13,14). The number of aromatic amines is 1. The number of hydrogen-bond acceptors (Lipinski definition) is 6. The lowest BCUT2D eigenvalue weighted by Gasteiger charge is -2.09. The predicted molar refractivity (Wildman–Crippen MR) is 62.6 cm³/mol. The van der Waals surface area contributed by atoms with Crippen LogP contribution in [0.5, 0.6) is 11.8 Å². The Bertz CT molecular complexity index is 509. The number of nitrogens with zero attached hydrogens (tertiary/aromatic N) is 3. The van der Waals surface area contributed by atoms with Gasteiger partial charge in [-0.2, -0.15) is 0 Å². The first-order valence-corrected chi connectivity index (χ1v) is 5.25. The number of nitrogens with two attached hydrogens (primary N) is 1. The molecule has 2 aromatic rings. The van der Waals surface area contributed by atoms with Crippen LogP contribution in [0.25, 0.3) is 0 Å². The van der Waals surface area contributed by atoms with Crippen LogP contribution in [0.4, 0.5) is 5.82 Å². The third-order valence-corrected chi connectivity index (χ3v) is 2.28. The lowest BCUT2D eigenvalue weighted by molar-refractivity contribution is 0.437. The monoisotopic (exact) mass is 234 g/mol. The van der Waals surface area contributed by atoms with Crippen molar-refractivity contribution in [3.8, 4) is 11.8 Å². The number of aryl methyl sites for hydroxylation is 1. The van der Waals surface area contributed by atoms with Gasteiger partial charge >= 0.3 is 0 Å². The summed E-state index contributed by atoms with van der Waals surface area (Å²) in [6.07, 6.45) is 2.10. The number of aromatic nitrogens is 4. The molecule has 0 aliphatic carbocycles. The van der Waals surface area contributed by atoms with Crippen molar-refractivity contribution in [1.29, 1.82) is 0 Å². The van der Waals surface area contributed by atoms with Gasteiger partial charge in [0, 0.05) is 11.8 Å². The highest BCUT2D eigenvalue weighted by Gasteiger charge is 2.12. The largest absolute Gasteiger partial charge is 0.419 e. The fourth-order valence-corrected chi connectivity index (χ4v) is 1.47. The fraction of sp³-hybridized carbons (Fsp3) is 0.300. The molecule has 0 bridgehead atoms. The molecule has 90 valence electrons. The van der Waals surface area contributed by atoms with Crippen LogP contribution in [0.3, 0.4) is 0 Å². The number of nitrogens with one attached hydrogen (secondary N) is 2. The molecule has 0 saturated carbocycles. The van der Waals surface area contributed by atoms with Crippen molar-refractivity contribution < 1.29 is 4.74 Å². The van der Waals surface area contributed by atoms with Crippen LogP contribution in [0.2, 0.25) is 0 Å². The molecule has 0 aliphatic rings. The lowest BCUT2D eigenvalue weighted by Crippen LogP contribution is -2.12. The molecule has 7 nitrogen and oxygen atoms in total. The van der Waals surface area contributed by atoms with E-state index < -0.39 is 0 Å². The van der Waals surface area contributed by atoms with E-state index in [0.29, 0.717) is 24.0 Å². The van der Waals surface area contributed by atoms with Crippen LogP contribution in [-0.4, -0.2) is 20.2 Å². The van der Waals surface area contributed by atoms with E-state index in [9.17, 15) is 0 Å². The Morgan fingerprint density at radius 2 is 2.29 bits per heavy atom. The molecule has 0 fully saturated rings. The van der Waals surface area contributed by atoms with Crippen molar-refractivity contribution >= 4 is 5.82 Å². The molecule has 0 saturated heterocycles. The zero-order valence-electron chi connectivity index (χ0n) is 9.69. The molecule has 2 rings (SSSR count). The Morgan fingerprint density at radius 3 is 2.88 bits per heavy atom. The van der Waals surface area contributed by atoms with E-state index in [-0.39, 0.29) is 0 Å². The normalized spacial score (nSPS) is 10.3. The second kappa shape index (κ2) is 4.79. The summed E-state index contributed by atoms with van der Waals surface area (Å²) in [6, 6.07) is 1.79. The Hall–Kier alpha value is -2.15. The van der Waals surface area contributed by atoms with Crippen LogP contribution in [-0.2, 0) is 6.42 Å². The third kappa shape index (κ3) is 2.34. The summed E-state index contributed by atoms with van der Waals surface area (Å²) in [7, 11) is 0. The van der Waals surface area contributed by atoms with Crippen molar-refractivity contribution in [2.75, 3.05) is 5.43 Å². The Balaban J connectivity index is 2.32. The number of H-pyrrole nitrogens is 1. The third-order valence-electron chi connectivity index (χ3n) is 2.28. The first kappa shape index (κ1) is 11.3. The first-order valence-electron chi connectivity index (χ1n) is 5.25. The van der Waals surface area contributed by atoms with Crippen LogP contribution in [0, 0.1) is 6.92 Å². The topological polar surface area (TPSA) is 102 Å². The molecule has 2 heterocycles. The molecule has 0 aliphatic heterocycles. The maximum Gasteiger partial charge on any atom is 0.240 e. The van der Waals surface area contributed by atoms with Gasteiger partial charge in [-0.15, -0.1) is 5.10 Å². The molecule has 17 heavy (non-hydrogen) atoms. The van der Waals surface area contributed by atoms with Gasteiger partial charge < -0.3 is 10.2 Å². The van der Waals surface area contributed by atoms with Gasteiger partial charge in [0.1, 0.15) is 12.1 Å². The van der Waals surface area contributed by atoms with Crippen LogP contribution < -0.4 is 16.0 Å². The van der Waals surface area contributed by atoms with Crippen LogP contribution in [0.15, 0.2) is 12.4 Å². The molecule has 2 aromatic heterocycles. The fourth-order valence-electron chi connectivity index (χ4n) is 1.47. The maximum atomic E-state index is 5.57. The summed E-state index contributed by atoms with van der Waals surface area (Å²) in [5, 5.41) is 6.78. The average molecular weight is 234 g/mol. The molecule has 0 unspecified atom stereocenters. The van der Waals surface area contributed by atoms with Gasteiger partial charge in [-0.05, 0) is 13.3 Å². The quantitative estimate of drug-likeness (QED) is 0.541. The van der Waals surface area contributed by atoms with Gasteiger partial charge in [0.2, 0.25) is 11.8 Å². The van der Waals surface area contributed by atoms with Crippen LogP contribution in [0.1, 0.15) is 18.2 Å². The van der Waals surface area contributed by atoms with Gasteiger partial charge in [0.25, 0.3) is 0 Å². The van der Waals surface area contributed by atoms with Crippen molar-refractivity contribution in [3.05, 3.63) is 23.7 Å². The average Bonchev–Trinajstić information content (AvgIpc) is 2.74. The first-order chi connectivity index (χ1) is 8.24. The summed E-state index contributed by atoms with van der Waals surface area (Å²) in [6.45, 7) is 3.87. The smallest absolute Gasteiger partial charge is 0.240 e. The SMILES string of the molecule is CCc1c(NN)ncnc1Oc1cc(C)[nH]n1. The number of rotatable bonds is 4. The van der Waals surface area contributed by atoms with Crippen molar-refractivity contribution in [2.24, 2.45) is 5.84 Å². The van der Waals surface area contributed by atoms with Crippen molar-refractivity contribution in [1.82, 2.24) is 20.2 Å². The van der Waals surface area contributed by atoms with E-state index in [2.05, 4.69) is 25.6 Å². The number of hydrazine groups is 1. The second-order valence-corrected chi connectivity index (χ2v) is 3.50. The van der Waals surface area contributed by atoms with Gasteiger partial charge in [-0.1, -0.05) is 6.92 Å². The predicted octanol–water partition coefficient (Wildman–Crippen LogP) is 1.15. The van der Waals surface area contributed by atoms with Gasteiger partial charge in [0.05, 0.1) is 5.56 Å². The summed E-state index contributed by atoms with van der Waals surface area (Å²) < 4.78 is 5.57. The van der Waals surface area contributed by atoms with Gasteiger partial charge in [-0.3, -0.25) is 5.10 Å². The lowest BCUT2D eigenvalue weighted by atomic mass is 10.2. The minimum atomic E-state index is 0.460.